The van der Waals surface area contributed by atoms with E-state index in [-0.39, 0.29) is 6.04 Å². The van der Waals surface area contributed by atoms with Crippen LogP contribution in [0.3, 0.4) is 0 Å². The Hall–Kier alpha value is -3.34. The molecule has 0 radical (unpaired) electrons. The molecule has 0 bridgehead atoms. The molecule has 0 saturated carbocycles. The summed E-state index contributed by atoms with van der Waals surface area (Å²) in [6.07, 6.45) is 6.89. The Morgan fingerprint density at radius 3 is 2.44 bits per heavy atom. The molecule has 1 aromatic heterocycles. The van der Waals surface area contributed by atoms with Crippen LogP contribution in [0.1, 0.15) is 44.1 Å². The summed E-state index contributed by atoms with van der Waals surface area (Å²) in [5.74, 6) is 0.418. The average Bonchev–Trinajstić information content (AvgIpc) is 3.13. The number of aromatic amines is 1. The first-order valence-corrected chi connectivity index (χ1v) is 13.2. The van der Waals surface area contributed by atoms with E-state index in [1.807, 2.05) is 42.5 Å². The number of aromatic nitrogens is 1. The Balaban J connectivity index is 1.13. The third kappa shape index (κ3) is 6.07. The molecule has 2 fully saturated rings. The number of carbonyl (C=O) groups excluding carboxylic acids is 1. The Morgan fingerprint density at radius 1 is 0.972 bits per heavy atom. The van der Waals surface area contributed by atoms with E-state index in [0.717, 1.165) is 61.1 Å². The van der Waals surface area contributed by atoms with Gasteiger partial charge in [-0.05, 0) is 68.1 Å². The highest BCUT2D eigenvalue weighted by Gasteiger charge is 2.22. The zero-order valence-corrected chi connectivity index (χ0v) is 20.8. The number of piperidine rings is 1. The smallest absolute Gasteiger partial charge is 0.393 e. The van der Waals surface area contributed by atoms with Gasteiger partial charge in [-0.1, -0.05) is 37.1 Å². The number of carbonyl (C=O) groups is 1. The Morgan fingerprint density at radius 2 is 1.69 bits per heavy atom. The minimum atomic E-state index is -0.419. The fraction of sp³-hybridized carbons (Fsp3) is 0.448. The number of nitrogens with zero attached hydrogens (tertiary/aromatic N) is 3. The van der Waals surface area contributed by atoms with Crippen molar-refractivity contribution < 1.29 is 9.53 Å². The first-order chi connectivity index (χ1) is 17.7. The predicted molar refractivity (Wildman–Crippen MR) is 142 cm³/mol. The van der Waals surface area contributed by atoms with Gasteiger partial charge in [0.05, 0.1) is 11.6 Å². The molecule has 0 atom stereocenters. The molecule has 2 aliphatic rings. The third-order valence-electron chi connectivity index (χ3n) is 7.49. The van der Waals surface area contributed by atoms with Crippen LogP contribution in [0.2, 0.25) is 0 Å². The van der Waals surface area contributed by atoms with Crippen molar-refractivity contribution in [3.8, 4) is 23.1 Å². The van der Waals surface area contributed by atoms with Gasteiger partial charge in [0.2, 0.25) is 5.88 Å². The number of nitriles is 1. The molecule has 188 valence electrons. The number of hydrogen-bond acceptors (Lipinski definition) is 5. The molecule has 0 unspecified atom stereocenters. The number of likely N-dealkylation sites (tertiary alicyclic amines) is 2. The van der Waals surface area contributed by atoms with Crippen LogP contribution in [-0.4, -0.2) is 66.2 Å². The van der Waals surface area contributed by atoms with Gasteiger partial charge in [-0.3, -0.25) is 0 Å². The summed E-state index contributed by atoms with van der Waals surface area (Å²) in [4.78, 5) is 21.0. The van der Waals surface area contributed by atoms with Crippen molar-refractivity contribution in [1.29, 1.82) is 5.26 Å². The number of amides is 1. The van der Waals surface area contributed by atoms with E-state index >= 15 is 0 Å². The van der Waals surface area contributed by atoms with Crippen molar-refractivity contribution in [2.24, 2.45) is 0 Å². The van der Waals surface area contributed by atoms with Gasteiger partial charge in [0, 0.05) is 49.2 Å². The topological polar surface area (TPSA) is 84.4 Å². The maximum atomic E-state index is 12.6. The summed E-state index contributed by atoms with van der Waals surface area (Å²) in [5, 5.41) is 13.2. The third-order valence-corrected chi connectivity index (χ3v) is 7.49. The van der Waals surface area contributed by atoms with Gasteiger partial charge in [0.25, 0.3) is 0 Å². The lowest BCUT2D eigenvalue weighted by molar-refractivity contribution is 0.157. The first-order valence-electron chi connectivity index (χ1n) is 13.2. The summed E-state index contributed by atoms with van der Waals surface area (Å²) >= 11 is 0. The van der Waals surface area contributed by atoms with Crippen molar-refractivity contribution in [3.05, 3.63) is 54.1 Å². The number of rotatable bonds is 6. The maximum Gasteiger partial charge on any atom is 0.414 e. The quantitative estimate of drug-likeness (QED) is 0.505. The summed E-state index contributed by atoms with van der Waals surface area (Å²) in [6, 6.07) is 17.6. The molecule has 3 heterocycles. The van der Waals surface area contributed by atoms with E-state index < -0.39 is 6.09 Å². The highest BCUT2D eigenvalue weighted by Crippen LogP contribution is 2.32. The van der Waals surface area contributed by atoms with Crippen LogP contribution < -0.4 is 10.1 Å². The zero-order chi connectivity index (χ0) is 24.7. The summed E-state index contributed by atoms with van der Waals surface area (Å²) < 4.78 is 5.63. The van der Waals surface area contributed by atoms with Crippen molar-refractivity contribution >= 4 is 17.0 Å². The highest BCUT2D eigenvalue weighted by atomic mass is 16.6. The SMILES string of the molecule is N#Cc1cccc(-c2cccc3[nH]c(OC(=O)NC4CCN(CCN5CCCCCC5)CC4)cc23)c1. The van der Waals surface area contributed by atoms with Crippen LogP contribution in [0.25, 0.3) is 22.0 Å². The summed E-state index contributed by atoms with van der Waals surface area (Å²) in [7, 11) is 0. The Bertz CT molecular complexity index is 1210. The Kier molecular flexibility index (Phi) is 7.85. The van der Waals surface area contributed by atoms with Crippen molar-refractivity contribution in [2.45, 2.75) is 44.6 Å². The molecule has 0 aliphatic carbocycles. The lowest BCUT2D eigenvalue weighted by Gasteiger charge is -2.33. The normalized spacial score (nSPS) is 18.0. The minimum Gasteiger partial charge on any atom is -0.393 e. The Labute approximate surface area is 213 Å². The molecule has 2 aromatic carbocycles. The van der Waals surface area contributed by atoms with E-state index in [9.17, 15) is 10.1 Å². The fourth-order valence-electron chi connectivity index (χ4n) is 5.43. The summed E-state index contributed by atoms with van der Waals surface area (Å²) in [5.41, 5.74) is 3.44. The van der Waals surface area contributed by atoms with Gasteiger partial charge in [-0.15, -0.1) is 0 Å². The molecular weight excluding hydrogens is 450 g/mol. The van der Waals surface area contributed by atoms with Crippen LogP contribution >= 0.6 is 0 Å². The second-order valence-corrected chi connectivity index (χ2v) is 10.00. The lowest BCUT2D eigenvalue weighted by atomic mass is 10.0. The molecule has 2 N–H and O–H groups in total. The number of benzene rings is 2. The highest BCUT2D eigenvalue weighted by molar-refractivity contribution is 5.96. The number of nitrogens with one attached hydrogen (secondary N) is 2. The number of H-pyrrole nitrogens is 1. The average molecular weight is 486 g/mol. The van der Waals surface area contributed by atoms with Gasteiger partial charge in [-0.2, -0.15) is 5.26 Å². The second-order valence-electron chi connectivity index (χ2n) is 10.00. The molecule has 2 saturated heterocycles. The van der Waals surface area contributed by atoms with E-state index in [4.69, 9.17) is 4.74 Å². The van der Waals surface area contributed by atoms with Crippen molar-refractivity contribution in [3.63, 3.8) is 0 Å². The zero-order valence-electron chi connectivity index (χ0n) is 20.8. The number of ether oxygens (including phenoxy) is 1. The van der Waals surface area contributed by atoms with Crippen LogP contribution in [0, 0.1) is 11.3 Å². The van der Waals surface area contributed by atoms with Crippen LogP contribution in [0.15, 0.2) is 48.5 Å². The lowest BCUT2D eigenvalue weighted by Crippen LogP contribution is -2.47. The maximum absolute atomic E-state index is 12.6. The molecule has 3 aromatic rings. The molecule has 7 nitrogen and oxygen atoms in total. The summed E-state index contributed by atoms with van der Waals surface area (Å²) in [6.45, 7) is 6.78. The first kappa shape index (κ1) is 24.4. The molecule has 36 heavy (non-hydrogen) atoms. The standard InChI is InChI=1S/C29H35N5O2/c30-21-22-7-5-8-23(19-22)25-9-6-10-27-26(25)20-28(32-27)36-29(35)31-24-11-15-34(16-12-24)18-17-33-13-3-1-2-4-14-33/h5-10,19-20,24,32H,1-4,11-18H2,(H,31,35). The van der Waals surface area contributed by atoms with Gasteiger partial charge in [-0.25, -0.2) is 4.79 Å². The molecule has 1 amide bonds. The largest absolute Gasteiger partial charge is 0.414 e. The van der Waals surface area contributed by atoms with E-state index in [2.05, 4.69) is 26.2 Å². The molecule has 2 aliphatic heterocycles. The molecule has 5 rings (SSSR count). The molecule has 7 heteroatoms. The predicted octanol–water partition coefficient (Wildman–Crippen LogP) is 5.14. The van der Waals surface area contributed by atoms with Crippen LogP contribution in [-0.2, 0) is 0 Å². The number of hydrogen-bond donors (Lipinski definition) is 2. The van der Waals surface area contributed by atoms with Gasteiger partial charge in [0.15, 0.2) is 0 Å². The minimum absolute atomic E-state index is 0.139. The van der Waals surface area contributed by atoms with Gasteiger partial charge < -0.3 is 24.8 Å². The van der Waals surface area contributed by atoms with E-state index in [0.29, 0.717) is 11.4 Å². The van der Waals surface area contributed by atoms with Gasteiger partial charge >= 0.3 is 6.09 Å². The van der Waals surface area contributed by atoms with Gasteiger partial charge in [0.1, 0.15) is 0 Å². The van der Waals surface area contributed by atoms with Crippen molar-refractivity contribution in [2.75, 3.05) is 39.3 Å². The second kappa shape index (κ2) is 11.6. The monoisotopic (exact) mass is 485 g/mol. The van der Waals surface area contributed by atoms with Crippen LogP contribution in [0.4, 0.5) is 4.79 Å². The molecule has 0 spiro atoms. The fourth-order valence-corrected chi connectivity index (χ4v) is 5.43. The van der Waals surface area contributed by atoms with E-state index in [1.165, 1.54) is 38.8 Å². The number of fused-ring (bicyclic) bond motifs is 1. The van der Waals surface area contributed by atoms with E-state index in [1.54, 1.807) is 6.07 Å². The molecular formula is C29H35N5O2. The van der Waals surface area contributed by atoms with Crippen LogP contribution in [0.5, 0.6) is 5.88 Å². The van der Waals surface area contributed by atoms with Crippen molar-refractivity contribution in [1.82, 2.24) is 20.1 Å².